The molecule has 0 aromatic carbocycles. The zero-order valence-electron chi connectivity index (χ0n) is 8.89. The van der Waals surface area contributed by atoms with Crippen LogP contribution in [0.1, 0.15) is 31.0 Å². The van der Waals surface area contributed by atoms with Gasteiger partial charge in [0, 0.05) is 12.1 Å². The minimum Gasteiger partial charge on any atom is -0.338 e. The molecule has 80 valence electrons. The average Bonchev–Trinajstić information content (AvgIpc) is 2.71. The van der Waals surface area contributed by atoms with Crippen LogP contribution >= 0.6 is 0 Å². The van der Waals surface area contributed by atoms with E-state index in [1.165, 1.54) is 19.3 Å². The molecule has 2 atom stereocenters. The van der Waals surface area contributed by atoms with Crippen molar-refractivity contribution in [2.45, 2.75) is 44.8 Å². The number of fused-ring (bicyclic) bond motifs is 2. The summed E-state index contributed by atoms with van der Waals surface area (Å²) in [4.78, 5) is 6.74. The van der Waals surface area contributed by atoms with Gasteiger partial charge in [-0.2, -0.15) is 4.98 Å². The highest BCUT2D eigenvalue weighted by Gasteiger charge is 2.34. The van der Waals surface area contributed by atoms with Gasteiger partial charge in [-0.25, -0.2) is 0 Å². The van der Waals surface area contributed by atoms with E-state index in [0.29, 0.717) is 12.1 Å². The lowest BCUT2D eigenvalue weighted by molar-refractivity contribution is 0.174. The molecule has 0 spiro atoms. The lowest BCUT2D eigenvalue weighted by Gasteiger charge is -2.29. The second-order valence-corrected chi connectivity index (χ2v) is 4.37. The van der Waals surface area contributed by atoms with Gasteiger partial charge < -0.3 is 4.52 Å². The fourth-order valence-corrected chi connectivity index (χ4v) is 2.63. The van der Waals surface area contributed by atoms with Crippen LogP contribution in [0, 0.1) is 6.92 Å². The average molecular weight is 205 g/mol. The molecule has 0 amide bonds. The van der Waals surface area contributed by atoms with E-state index in [9.17, 15) is 0 Å². The van der Waals surface area contributed by atoms with Crippen LogP contribution in [-0.2, 0) is 6.54 Å². The van der Waals surface area contributed by atoms with Crippen molar-refractivity contribution in [1.82, 2.24) is 15.0 Å². The van der Waals surface area contributed by atoms with Crippen LogP contribution in [0.2, 0.25) is 0 Å². The Hall–Kier alpha value is -1.16. The molecule has 2 bridgehead atoms. The molecular weight excluding hydrogens is 190 g/mol. The van der Waals surface area contributed by atoms with E-state index in [1.807, 2.05) is 6.92 Å². The first-order valence-electron chi connectivity index (χ1n) is 5.54. The van der Waals surface area contributed by atoms with Crippen molar-refractivity contribution in [2.24, 2.45) is 0 Å². The molecule has 1 saturated heterocycles. The van der Waals surface area contributed by atoms with Crippen LogP contribution < -0.4 is 0 Å². The summed E-state index contributed by atoms with van der Waals surface area (Å²) in [6.45, 7) is 2.66. The van der Waals surface area contributed by atoms with Crippen molar-refractivity contribution in [1.29, 1.82) is 0 Å². The minimum atomic E-state index is 0.593. The SMILES string of the molecule is Cc1noc(CN2C3C=CCC2CC3)n1. The predicted octanol–water partition coefficient (Wildman–Crippen LogP) is 1.67. The topological polar surface area (TPSA) is 42.2 Å². The summed E-state index contributed by atoms with van der Waals surface area (Å²) in [6.07, 6.45) is 8.35. The van der Waals surface area contributed by atoms with E-state index in [4.69, 9.17) is 4.52 Å². The molecule has 3 rings (SSSR count). The monoisotopic (exact) mass is 205 g/mol. The van der Waals surface area contributed by atoms with E-state index in [0.717, 1.165) is 18.3 Å². The molecule has 15 heavy (non-hydrogen) atoms. The zero-order chi connectivity index (χ0) is 10.3. The maximum Gasteiger partial charge on any atom is 0.240 e. The van der Waals surface area contributed by atoms with E-state index in [-0.39, 0.29) is 0 Å². The normalized spacial score (nSPS) is 29.9. The van der Waals surface area contributed by atoms with Crippen LogP contribution in [0.15, 0.2) is 16.7 Å². The van der Waals surface area contributed by atoms with Crippen LogP contribution in [0.5, 0.6) is 0 Å². The summed E-state index contributed by atoms with van der Waals surface area (Å²) >= 11 is 0. The first-order chi connectivity index (χ1) is 7.33. The molecule has 4 nitrogen and oxygen atoms in total. The third-order valence-corrected chi connectivity index (χ3v) is 3.34. The maximum atomic E-state index is 5.16. The molecule has 3 heterocycles. The number of rotatable bonds is 2. The molecular formula is C11H15N3O. The van der Waals surface area contributed by atoms with E-state index >= 15 is 0 Å². The van der Waals surface area contributed by atoms with Crippen LogP contribution in [0.3, 0.4) is 0 Å². The summed E-state index contributed by atoms with van der Waals surface area (Å²) in [5.74, 6) is 1.48. The Morgan fingerprint density at radius 3 is 3.20 bits per heavy atom. The number of hydrogen-bond acceptors (Lipinski definition) is 4. The summed E-state index contributed by atoms with van der Waals surface area (Å²) in [6, 6.07) is 1.28. The highest BCUT2D eigenvalue weighted by molar-refractivity contribution is 5.08. The van der Waals surface area contributed by atoms with Gasteiger partial charge in [-0.3, -0.25) is 4.90 Å². The van der Waals surface area contributed by atoms with Gasteiger partial charge in [0.15, 0.2) is 5.82 Å². The molecule has 2 unspecified atom stereocenters. The third-order valence-electron chi connectivity index (χ3n) is 3.34. The largest absolute Gasteiger partial charge is 0.338 e. The Morgan fingerprint density at radius 1 is 1.53 bits per heavy atom. The van der Waals surface area contributed by atoms with Gasteiger partial charge >= 0.3 is 0 Å². The quantitative estimate of drug-likeness (QED) is 0.689. The Balaban J connectivity index is 1.76. The van der Waals surface area contributed by atoms with Crippen LogP contribution in [-0.4, -0.2) is 27.1 Å². The van der Waals surface area contributed by atoms with Crippen LogP contribution in [0.25, 0.3) is 0 Å². The molecule has 0 N–H and O–H groups in total. The van der Waals surface area contributed by atoms with Crippen molar-refractivity contribution in [3.63, 3.8) is 0 Å². The Morgan fingerprint density at radius 2 is 2.47 bits per heavy atom. The number of aromatic nitrogens is 2. The first kappa shape index (κ1) is 9.09. The summed E-state index contributed by atoms with van der Waals surface area (Å²) < 4.78 is 5.16. The number of nitrogens with zero attached hydrogens (tertiary/aromatic N) is 3. The predicted molar refractivity (Wildman–Crippen MR) is 55.1 cm³/mol. The Kier molecular flexibility index (Phi) is 2.09. The molecule has 1 aromatic rings. The smallest absolute Gasteiger partial charge is 0.240 e. The van der Waals surface area contributed by atoms with E-state index < -0.39 is 0 Å². The second kappa shape index (κ2) is 3.45. The minimum absolute atomic E-state index is 0.593. The van der Waals surface area contributed by atoms with E-state index in [1.54, 1.807) is 0 Å². The summed E-state index contributed by atoms with van der Waals surface area (Å²) in [5, 5.41) is 3.82. The fraction of sp³-hybridized carbons (Fsp3) is 0.636. The molecule has 1 fully saturated rings. The van der Waals surface area contributed by atoms with Crippen molar-refractivity contribution >= 4 is 0 Å². The number of aryl methyl sites for hydroxylation is 1. The maximum absolute atomic E-state index is 5.16. The van der Waals surface area contributed by atoms with Crippen molar-refractivity contribution in [2.75, 3.05) is 0 Å². The first-order valence-corrected chi connectivity index (χ1v) is 5.54. The lowest BCUT2D eigenvalue weighted by Crippen LogP contribution is -2.36. The van der Waals surface area contributed by atoms with Crippen molar-refractivity contribution in [3.05, 3.63) is 23.9 Å². The van der Waals surface area contributed by atoms with Gasteiger partial charge in [0.1, 0.15) is 0 Å². The molecule has 2 aliphatic rings. The third kappa shape index (κ3) is 1.59. The lowest BCUT2D eigenvalue weighted by atomic mass is 10.1. The van der Waals surface area contributed by atoms with Gasteiger partial charge in [0.05, 0.1) is 6.54 Å². The van der Waals surface area contributed by atoms with Gasteiger partial charge in [-0.05, 0) is 26.2 Å². The van der Waals surface area contributed by atoms with Crippen molar-refractivity contribution in [3.8, 4) is 0 Å². The molecule has 1 aromatic heterocycles. The molecule has 4 heteroatoms. The highest BCUT2D eigenvalue weighted by atomic mass is 16.5. The van der Waals surface area contributed by atoms with Gasteiger partial charge in [-0.15, -0.1) is 0 Å². The Labute approximate surface area is 89.0 Å². The van der Waals surface area contributed by atoms with E-state index in [2.05, 4.69) is 27.2 Å². The molecule has 0 saturated carbocycles. The van der Waals surface area contributed by atoms with Gasteiger partial charge in [0.2, 0.25) is 5.89 Å². The highest BCUT2D eigenvalue weighted by Crippen LogP contribution is 2.32. The van der Waals surface area contributed by atoms with Crippen LogP contribution in [0.4, 0.5) is 0 Å². The van der Waals surface area contributed by atoms with Gasteiger partial charge in [-0.1, -0.05) is 17.3 Å². The van der Waals surface area contributed by atoms with Crippen molar-refractivity contribution < 1.29 is 4.52 Å². The summed E-state index contributed by atoms with van der Waals surface area (Å²) in [5.41, 5.74) is 0. The van der Waals surface area contributed by atoms with Gasteiger partial charge in [0.25, 0.3) is 0 Å². The molecule has 2 aliphatic heterocycles. The number of hydrogen-bond donors (Lipinski definition) is 0. The summed E-state index contributed by atoms with van der Waals surface area (Å²) in [7, 11) is 0. The standard InChI is InChI=1S/C11H15N3O/c1-8-12-11(15-13-8)7-14-9-3-2-4-10(14)6-5-9/h2-3,9-10H,4-7H2,1H3. The Bertz CT molecular complexity index is 385. The zero-order valence-corrected chi connectivity index (χ0v) is 8.89. The fourth-order valence-electron chi connectivity index (χ4n) is 2.63. The molecule has 0 radical (unpaired) electrons. The molecule has 0 aliphatic carbocycles. The second-order valence-electron chi connectivity index (χ2n) is 4.37.